The Bertz CT molecular complexity index is 520. The molecule has 0 unspecified atom stereocenters. The van der Waals surface area contributed by atoms with E-state index in [1.54, 1.807) is 0 Å². The zero-order valence-corrected chi connectivity index (χ0v) is 13.4. The smallest absolute Gasteiger partial charge is 0.0276 e. The average molecular weight is 325 g/mol. The van der Waals surface area contributed by atoms with Gasteiger partial charge in [-0.2, -0.15) is 24.7 Å². The Morgan fingerprint density at radius 3 is 2.35 bits per heavy atom. The summed E-state index contributed by atoms with van der Waals surface area (Å²) in [5, 5.41) is 3.43. The molecule has 0 aliphatic rings. The molecule has 1 nitrogen and oxygen atoms in total. The summed E-state index contributed by atoms with van der Waals surface area (Å²) in [7, 11) is 0. The molecule has 20 heavy (non-hydrogen) atoms. The van der Waals surface area contributed by atoms with E-state index in [2.05, 4.69) is 48.6 Å². The Balaban J connectivity index is 0.000000283. The molecule has 0 amide bonds. The van der Waals surface area contributed by atoms with E-state index >= 15 is 0 Å². The van der Waals surface area contributed by atoms with Gasteiger partial charge in [-0.05, 0) is 19.1 Å². The maximum absolute atomic E-state index is 3.43. The van der Waals surface area contributed by atoms with E-state index in [-0.39, 0.29) is 17.1 Å². The third kappa shape index (κ3) is 6.36. The van der Waals surface area contributed by atoms with Gasteiger partial charge < -0.3 is 35.1 Å². The van der Waals surface area contributed by atoms with Gasteiger partial charge in [0, 0.05) is 33.4 Å². The minimum Gasteiger partial charge on any atom is -0.748 e. The maximum atomic E-state index is 3.43. The van der Waals surface area contributed by atoms with Crippen LogP contribution in [0.3, 0.4) is 0 Å². The van der Waals surface area contributed by atoms with Gasteiger partial charge in [0.2, 0.25) is 0 Å². The van der Waals surface area contributed by atoms with Crippen LogP contribution in [-0.2, 0) is 30.2 Å². The van der Waals surface area contributed by atoms with Gasteiger partial charge in [0.25, 0.3) is 0 Å². The predicted molar refractivity (Wildman–Crippen MR) is 83.7 cm³/mol. The molecule has 0 spiro atoms. The Kier molecular flexibility index (Phi) is 8.24. The molecule has 3 aromatic rings. The first kappa shape index (κ1) is 16.9. The first-order valence-electron chi connectivity index (χ1n) is 6.48. The fourth-order valence-corrected chi connectivity index (χ4v) is 2.62. The Morgan fingerprint density at radius 2 is 1.85 bits per heavy atom. The van der Waals surface area contributed by atoms with Crippen LogP contribution in [0.2, 0.25) is 0 Å². The van der Waals surface area contributed by atoms with Crippen LogP contribution in [0.15, 0.2) is 66.7 Å². The number of hydrogen-bond acceptors (Lipinski definition) is 2. The molecule has 112 valence electrons. The van der Waals surface area contributed by atoms with Crippen molar-refractivity contribution >= 4 is 11.3 Å². The van der Waals surface area contributed by atoms with Gasteiger partial charge in [0.05, 0.1) is 0 Å². The van der Waals surface area contributed by atoms with Crippen LogP contribution in [0, 0.1) is 6.92 Å². The summed E-state index contributed by atoms with van der Waals surface area (Å²) in [6.45, 7) is 4.08. The molecule has 1 aromatic heterocycles. The van der Waals surface area contributed by atoms with Crippen LogP contribution < -0.4 is 5.32 Å². The molecular weight excluding hydrogens is 306 g/mol. The molecule has 0 aliphatic carbocycles. The van der Waals surface area contributed by atoms with Crippen molar-refractivity contribution in [3.63, 3.8) is 0 Å². The van der Waals surface area contributed by atoms with Crippen molar-refractivity contribution in [1.82, 2.24) is 5.32 Å². The molecule has 3 rings (SSSR count). The van der Waals surface area contributed by atoms with Crippen LogP contribution in [0.25, 0.3) is 0 Å². The van der Waals surface area contributed by atoms with Crippen molar-refractivity contribution in [3.8, 4) is 0 Å². The van der Waals surface area contributed by atoms with Gasteiger partial charge in [0.1, 0.15) is 0 Å². The van der Waals surface area contributed by atoms with Crippen molar-refractivity contribution in [2.75, 3.05) is 0 Å². The molecule has 2 aromatic carbocycles. The number of aryl methyl sites for hydroxylation is 1. The van der Waals surface area contributed by atoms with Crippen molar-refractivity contribution in [2.24, 2.45) is 0 Å². The summed E-state index contributed by atoms with van der Waals surface area (Å²) in [5.74, 6) is 0. The van der Waals surface area contributed by atoms with Crippen LogP contribution in [0.5, 0.6) is 0 Å². The van der Waals surface area contributed by atoms with Gasteiger partial charge >= 0.3 is 0 Å². The van der Waals surface area contributed by atoms with Gasteiger partial charge in [-0.1, -0.05) is 0 Å². The van der Waals surface area contributed by atoms with E-state index in [4.69, 9.17) is 0 Å². The molecule has 1 N–H and O–H groups in total. The third-order valence-electron chi connectivity index (χ3n) is 2.71. The number of rotatable bonds is 4. The van der Waals surface area contributed by atoms with E-state index < -0.39 is 0 Å². The van der Waals surface area contributed by atoms with Crippen molar-refractivity contribution in [1.29, 1.82) is 0 Å². The normalized spacial score (nSPS) is 9.45. The fourth-order valence-electron chi connectivity index (χ4n) is 1.76. The summed E-state index contributed by atoms with van der Waals surface area (Å²) in [6.07, 6.45) is 0. The number of thiophene rings is 1. The van der Waals surface area contributed by atoms with Crippen LogP contribution in [0.1, 0.15) is 15.3 Å². The van der Waals surface area contributed by atoms with Crippen molar-refractivity contribution in [3.05, 3.63) is 82.0 Å². The third-order valence-corrected chi connectivity index (χ3v) is 3.71. The standard InChI is InChI=1S/C12H14NS.C5H5.Fe/c1-10-6-7-12(14-10)9-13-8-11-4-2-3-5-11;1-2-4-5-3-1;/h2-7,13H,8-9H2,1H3;1-5H;/q-5;-1;. The fraction of sp³-hybridized carbons (Fsp3) is 0.176. The Labute approximate surface area is 135 Å². The van der Waals surface area contributed by atoms with Gasteiger partial charge in [-0.15, -0.1) is 11.3 Å². The number of hydrogen-bond donors (Lipinski definition) is 1. The molecule has 3 heteroatoms. The van der Waals surface area contributed by atoms with E-state index in [0.29, 0.717) is 0 Å². The van der Waals surface area contributed by atoms with E-state index in [9.17, 15) is 0 Å². The van der Waals surface area contributed by atoms with E-state index in [0.717, 1.165) is 13.1 Å². The first-order chi connectivity index (χ1) is 9.34. The summed E-state index contributed by atoms with van der Waals surface area (Å²) >= 11 is 1.86. The van der Waals surface area contributed by atoms with Crippen LogP contribution in [-0.4, -0.2) is 0 Å². The first-order valence-corrected chi connectivity index (χ1v) is 7.29. The summed E-state index contributed by atoms with van der Waals surface area (Å²) in [4.78, 5) is 2.80. The molecule has 0 atom stereocenters. The minimum atomic E-state index is 0. The second kappa shape index (κ2) is 9.73. The molecular formula is C17H19FeNS-6. The summed E-state index contributed by atoms with van der Waals surface area (Å²) in [6, 6.07) is 22.8. The summed E-state index contributed by atoms with van der Waals surface area (Å²) < 4.78 is 0. The van der Waals surface area contributed by atoms with Crippen LogP contribution in [0.4, 0.5) is 0 Å². The average Bonchev–Trinajstić information content (AvgIpc) is 3.12. The minimum absolute atomic E-state index is 0. The van der Waals surface area contributed by atoms with Crippen LogP contribution >= 0.6 is 11.3 Å². The molecule has 0 fully saturated rings. The molecule has 0 saturated heterocycles. The number of nitrogens with one attached hydrogen (secondary N) is 1. The summed E-state index contributed by atoms with van der Waals surface area (Å²) in [5.41, 5.74) is 1.36. The van der Waals surface area contributed by atoms with Crippen molar-refractivity contribution in [2.45, 2.75) is 20.0 Å². The topological polar surface area (TPSA) is 12.0 Å². The molecule has 0 saturated carbocycles. The molecule has 0 radical (unpaired) electrons. The van der Waals surface area contributed by atoms with Crippen molar-refractivity contribution < 1.29 is 17.1 Å². The zero-order valence-electron chi connectivity index (χ0n) is 11.5. The Hall–Kier alpha value is -1.12. The second-order valence-corrected chi connectivity index (χ2v) is 5.74. The van der Waals surface area contributed by atoms with Gasteiger partial charge in [0.15, 0.2) is 0 Å². The molecule has 0 aliphatic heterocycles. The van der Waals surface area contributed by atoms with E-state index in [1.165, 1.54) is 15.3 Å². The SMILES string of the molecule is Cc1ccc(CNC[c-]2[cH-][cH-][cH-][cH-]2)s1.[Fe].c1cc[cH-]c1. The molecule has 0 bridgehead atoms. The quantitative estimate of drug-likeness (QED) is 0.551. The Morgan fingerprint density at radius 1 is 1.15 bits per heavy atom. The van der Waals surface area contributed by atoms with Gasteiger partial charge in [-0.3, -0.25) is 0 Å². The molecule has 1 heterocycles. The zero-order chi connectivity index (χ0) is 13.3. The predicted octanol–water partition coefficient (Wildman–Crippen LogP) is 4.47. The largest absolute Gasteiger partial charge is 0.748 e. The monoisotopic (exact) mass is 325 g/mol. The van der Waals surface area contributed by atoms with Gasteiger partial charge in [-0.25, -0.2) is 12.1 Å². The van der Waals surface area contributed by atoms with E-state index in [1.807, 2.05) is 41.7 Å². The maximum Gasteiger partial charge on any atom is 0.0276 e. The second-order valence-electron chi connectivity index (χ2n) is 4.37.